The van der Waals surface area contributed by atoms with Crippen LogP contribution in [-0.4, -0.2) is 23.8 Å². The molecule has 1 unspecified atom stereocenters. The third kappa shape index (κ3) is 5.67. The van der Waals surface area contributed by atoms with Gasteiger partial charge in [-0.2, -0.15) is 0 Å². The van der Waals surface area contributed by atoms with Crippen LogP contribution in [-0.2, 0) is 4.79 Å². The van der Waals surface area contributed by atoms with Gasteiger partial charge in [0.15, 0.2) is 12.8 Å². The minimum absolute atomic E-state index is 0.00686. The fraction of sp³-hybridized carbons (Fsp3) is 0.208. The summed E-state index contributed by atoms with van der Waals surface area (Å²) in [5.41, 5.74) is 3.09. The Kier molecular flexibility index (Phi) is 6.80. The average molecular weight is 406 g/mol. The number of ether oxygens (including phenoxy) is 2. The Morgan fingerprint density at radius 1 is 1.03 bits per heavy atom. The van der Waals surface area contributed by atoms with Gasteiger partial charge in [0.25, 0.3) is 5.91 Å². The molecule has 3 aromatic carbocycles. The van der Waals surface area contributed by atoms with E-state index in [-0.39, 0.29) is 18.4 Å². The number of anilines is 2. The Morgan fingerprint density at radius 2 is 1.80 bits per heavy atom. The van der Waals surface area contributed by atoms with Gasteiger partial charge in [-0.15, -0.1) is 0 Å². The molecule has 0 radical (unpaired) electrons. The van der Waals surface area contributed by atoms with Crippen molar-refractivity contribution in [2.75, 3.05) is 17.4 Å². The van der Waals surface area contributed by atoms with Gasteiger partial charge < -0.3 is 25.2 Å². The number of hydrogen-bond acceptors (Lipinski definition) is 5. The molecule has 1 amide bonds. The lowest BCUT2D eigenvalue weighted by Crippen LogP contribution is -2.30. The minimum atomic E-state index is -0.689. The Balaban J connectivity index is 1.54. The summed E-state index contributed by atoms with van der Waals surface area (Å²) < 4.78 is 11.3. The average Bonchev–Trinajstić information content (AvgIpc) is 2.72. The van der Waals surface area contributed by atoms with E-state index in [1.54, 1.807) is 19.1 Å². The maximum atomic E-state index is 12.5. The third-order valence-electron chi connectivity index (χ3n) is 4.51. The first-order valence-corrected chi connectivity index (χ1v) is 9.72. The van der Waals surface area contributed by atoms with Gasteiger partial charge in [0.1, 0.15) is 17.2 Å². The summed E-state index contributed by atoms with van der Waals surface area (Å²) in [5, 5.41) is 16.0. The highest BCUT2D eigenvalue weighted by molar-refractivity contribution is 5.94. The fourth-order valence-corrected chi connectivity index (χ4v) is 2.89. The van der Waals surface area contributed by atoms with Crippen molar-refractivity contribution in [1.82, 2.24) is 0 Å². The van der Waals surface area contributed by atoms with Crippen LogP contribution in [0.5, 0.6) is 17.2 Å². The van der Waals surface area contributed by atoms with Gasteiger partial charge in [-0.3, -0.25) is 4.79 Å². The Labute approximate surface area is 176 Å². The highest BCUT2D eigenvalue weighted by atomic mass is 16.5. The number of aromatic hydroxyl groups is 1. The zero-order valence-electron chi connectivity index (χ0n) is 17.3. The van der Waals surface area contributed by atoms with Crippen LogP contribution in [0.25, 0.3) is 0 Å². The van der Waals surface area contributed by atoms with E-state index in [1.807, 2.05) is 62.4 Å². The molecule has 0 aliphatic heterocycles. The van der Waals surface area contributed by atoms with E-state index in [0.717, 1.165) is 16.9 Å². The molecule has 3 rings (SSSR count). The number of benzene rings is 3. The number of nitrogens with one attached hydrogen (secondary N) is 2. The van der Waals surface area contributed by atoms with Crippen LogP contribution in [0.4, 0.5) is 11.4 Å². The summed E-state index contributed by atoms with van der Waals surface area (Å²) in [7, 11) is 0. The molecule has 0 bridgehead atoms. The van der Waals surface area contributed by atoms with Crippen LogP contribution in [0.1, 0.15) is 18.1 Å². The van der Waals surface area contributed by atoms with E-state index in [4.69, 9.17) is 9.47 Å². The van der Waals surface area contributed by atoms with Gasteiger partial charge in [0, 0.05) is 11.8 Å². The van der Waals surface area contributed by atoms with Gasteiger partial charge in [-0.1, -0.05) is 35.9 Å². The van der Waals surface area contributed by atoms with Crippen molar-refractivity contribution >= 4 is 17.3 Å². The molecular weight excluding hydrogens is 380 g/mol. The molecule has 6 heteroatoms. The first kappa shape index (κ1) is 21.0. The minimum Gasteiger partial charge on any atom is -0.506 e. The lowest BCUT2D eigenvalue weighted by Gasteiger charge is -2.17. The summed E-state index contributed by atoms with van der Waals surface area (Å²) in [6.07, 6.45) is -0.689. The molecular formula is C24H26N2O4. The molecule has 0 aliphatic carbocycles. The second-order valence-corrected chi connectivity index (χ2v) is 7.03. The quantitative estimate of drug-likeness (QED) is 0.368. The van der Waals surface area contributed by atoms with Crippen molar-refractivity contribution < 1.29 is 19.4 Å². The number of carbonyl (C=O) groups excluding carboxylic acids is 1. The molecule has 6 nitrogen and oxygen atoms in total. The molecule has 1 atom stereocenters. The molecule has 156 valence electrons. The van der Waals surface area contributed by atoms with Crippen molar-refractivity contribution in [2.45, 2.75) is 26.9 Å². The summed E-state index contributed by atoms with van der Waals surface area (Å²) >= 11 is 0. The van der Waals surface area contributed by atoms with Crippen molar-refractivity contribution in [3.63, 3.8) is 0 Å². The predicted molar refractivity (Wildman–Crippen MR) is 118 cm³/mol. The molecule has 0 spiro atoms. The molecule has 0 aromatic heterocycles. The summed E-state index contributed by atoms with van der Waals surface area (Å²) in [4.78, 5) is 12.5. The maximum Gasteiger partial charge on any atom is 0.265 e. The molecule has 30 heavy (non-hydrogen) atoms. The van der Waals surface area contributed by atoms with E-state index >= 15 is 0 Å². The Morgan fingerprint density at radius 3 is 2.50 bits per heavy atom. The van der Waals surface area contributed by atoms with E-state index in [1.165, 1.54) is 6.07 Å². The second kappa shape index (κ2) is 9.69. The number of phenols is 1. The van der Waals surface area contributed by atoms with Crippen LogP contribution < -0.4 is 20.1 Å². The Hall–Kier alpha value is -3.67. The largest absolute Gasteiger partial charge is 0.506 e. The Bertz CT molecular complexity index is 1010. The molecule has 0 fully saturated rings. The molecule has 3 N–H and O–H groups in total. The highest BCUT2D eigenvalue weighted by Gasteiger charge is 2.16. The highest BCUT2D eigenvalue weighted by Crippen LogP contribution is 2.27. The van der Waals surface area contributed by atoms with Crippen LogP contribution in [0.2, 0.25) is 0 Å². The summed E-state index contributed by atoms with van der Waals surface area (Å²) in [6, 6.07) is 20.0. The van der Waals surface area contributed by atoms with E-state index in [9.17, 15) is 9.90 Å². The van der Waals surface area contributed by atoms with Gasteiger partial charge >= 0.3 is 0 Å². The van der Waals surface area contributed by atoms with Crippen LogP contribution in [0.15, 0.2) is 66.7 Å². The van der Waals surface area contributed by atoms with E-state index in [2.05, 4.69) is 10.6 Å². The smallest absolute Gasteiger partial charge is 0.265 e. The normalized spacial score (nSPS) is 11.4. The molecule has 0 saturated heterocycles. The standard InChI is InChI=1S/C24H26N2O4/c1-16-9-12-23(17(2)13-16)30-18(3)24(28)26-19-10-11-21(22(27)14-19)25-15-29-20-7-5-4-6-8-20/h4-14,18,25,27H,15H2,1-3H3,(H,26,28). The van der Waals surface area contributed by atoms with Gasteiger partial charge in [-0.25, -0.2) is 0 Å². The third-order valence-corrected chi connectivity index (χ3v) is 4.51. The van der Waals surface area contributed by atoms with Crippen LogP contribution in [0.3, 0.4) is 0 Å². The van der Waals surface area contributed by atoms with Crippen molar-refractivity contribution in [3.05, 3.63) is 77.9 Å². The van der Waals surface area contributed by atoms with Crippen LogP contribution >= 0.6 is 0 Å². The topological polar surface area (TPSA) is 79.8 Å². The number of aryl methyl sites for hydroxylation is 2. The number of hydrogen-bond donors (Lipinski definition) is 3. The second-order valence-electron chi connectivity index (χ2n) is 7.03. The number of rotatable bonds is 8. The van der Waals surface area contributed by atoms with Crippen molar-refractivity contribution in [3.8, 4) is 17.2 Å². The first-order chi connectivity index (χ1) is 14.4. The molecule has 0 heterocycles. The van der Waals surface area contributed by atoms with Crippen molar-refractivity contribution in [2.24, 2.45) is 0 Å². The molecule has 0 saturated carbocycles. The number of amides is 1. The monoisotopic (exact) mass is 406 g/mol. The van der Waals surface area contributed by atoms with E-state index < -0.39 is 6.10 Å². The zero-order chi connectivity index (χ0) is 21.5. The maximum absolute atomic E-state index is 12.5. The SMILES string of the molecule is Cc1ccc(OC(C)C(=O)Nc2ccc(NCOc3ccccc3)c(O)c2)c(C)c1. The van der Waals surface area contributed by atoms with Gasteiger partial charge in [-0.05, 0) is 56.7 Å². The summed E-state index contributed by atoms with van der Waals surface area (Å²) in [6.45, 7) is 5.83. The zero-order valence-corrected chi connectivity index (χ0v) is 17.3. The number of carbonyl (C=O) groups is 1. The first-order valence-electron chi connectivity index (χ1n) is 9.72. The number of para-hydroxylation sites is 1. The number of phenolic OH excluding ortho intramolecular Hbond substituents is 1. The molecule has 3 aromatic rings. The fourth-order valence-electron chi connectivity index (χ4n) is 2.89. The lowest BCUT2D eigenvalue weighted by molar-refractivity contribution is -0.122. The van der Waals surface area contributed by atoms with Crippen molar-refractivity contribution in [1.29, 1.82) is 0 Å². The molecule has 0 aliphatic rings. The summed E-state index contributed by atoms with van der Waals surface area (Å²) in [5.74, 6) is 1.10. The lowest BCUT2D eigenvalue weighted by atomic mass is 10.1. The van der Waals surface area contributed by atoms with Crippen LogP contribution in [0, 0.1) is 13.8 Å². The van der Waals surface area contributed by atoms with Gasteiger partial charge in [0.05, 0.1) is 5.69 Å². The van der Waals surface area contributed by atoms with Gasteiger partial charge in [0.2, 0.25) is 0 Å². The predicted octanol–water partition coefficient (Wildman–Crippen LogP) is 4.86. The van der Waals surface area contributed by atoms with E-state index in [0.29, 0.717) is 17.1 Å².